The predicted octanol–water partition coefficient (Wildman–Crippen LogP) is 2.12. The van der Waals surface area contributed by atoms with Crippen LogP contribution in [0.5, 0.6) is 5.75 Å². The van der Waals surface area contributed by atoms with Crippen LogP contribution in [0.4, 0.5) is 20.4 Å². The molecule has 2 aromatic rings. The number of rotatable bonds is 6. The molecular weight excluding hydrogens is 406 g/mol. The second-order valence-corrected chi connectivity index (χ2v) is 8.85. The SMILES string of the molecule is Nc1ncc(-c2cc(N3C[C@@H]4CN(C5COC5)[C@@H]4C3)nc(C3CC3)n2)cc1OC(F)F. The Morgan fingerprint density at radius 1 is 1.13 bits per heavy atom. The van der Waals surface area contributed by atoms with Gasteiger partial charge in [-0.2, -0.15) is 8.78 Å². The third-order valence-electron chi connectivity index (χ3n) is 6.76. The third kappa shape index (κ3) is 3.47. The quantitative estimate of drug-likeness (QED) is 0.746. The fourth-order valence-corrected chi connectivity index (χ4v) is 4.77. The number of halogens is 2. The van der Waals surface area contributed by atoms with E-state index >= 15 is 0 Å². The lowest BCUT2D eigenvalue weighted by molar-refractivity contribution is -0.120. The van der Waals surface area contributed by atoms with Gasteiger partial charge in [-0.05, 0) is 18.9 Å². The van der Waals surface area contributed by atoms with Gasteiger partial charge in [-0.25, -0.2) is 15.0 Å². The van der Waals surface area contributed by atoms with Crippen LogP contribution in [-0.2, 0) is 4.74 Å². The Labute approximate surface area is 178 Å². The maximum atomic E-state index is 12.7. The lowest BCUT2D eigenvalue weighted by atomic mass is 9.89. The summed E-state index contributed by atoms with van der Waals surface area (Å²) < 4.78 is 35.3. The fourth-order valence-electron chi connectivity index (χ4n) is 4.77. The van der Waals surface area contributed by atoms with E-state index in [1.54, 1.807) is 6.20 Å². The predicted molar refractivity (Wildman–Crippen MR) is 109 cm³/mol. The lowest BCUT2D eigenvalue weighted by Crippen LogP contribution is -2.64. The second-order valence-electron chi connectivity index (χ2n) is 8.85. The van der Waals surface area contributed by atoms with Gasteiger partial charge in [0.2, 0.25) is 0 Å². The van der Waals surface area contributed by atoms with Crippen molar-refractivity contribution in [2.24, 2.45) is 5.92 Å². The van der Waals surface area contributed by atoms with Gasteiger partial charge in [-0.1, -0.05) is 0 Å². The van der Waals surface area contributed by atoms with Crippen molar-refractivity contribution < 1.29 is 18.3 Å². The molecule has 2 atom stereocenters. The summed E-state index contributed by atoms with van der Waals surface area (Å²) in [5, 5.41) is 0. The fraction of sp³-hybridized carbons (Fsp3) is 0.571. The molecule has 0 aromatic carbocycles. The van der Waals surface area contributed by atoms with E-state index in [1.807, 2.05) is 6.07 Å². The van der Waals surface area contributed by atoms with E-state index in [9.17, 15) is 8.78 Å². The lowest BCUT2D eigenvalue weighted by Gasteiger charge is -2.50. The third-order valence-corrected chi connectivity index (χ3v) is 6.76. The van der Waals surface area contributed by atoms with Gasteiger partial charge in [0, 0.05) is 55.3 Å². The van der Waals surface area contributed by atoms with E-state index in [2.05, 4.69) is 19.5 Å². The number of ether oxygens (including phenoxy) is 2. The Balaban J connectivity index is 1.30. The molecule has 1 aliphatic carbocycles. The van der Waals surface area contributed by atoms with Crippen LogP contribution in [0.3, 0.4) is 0 Å². The van der Waals surface area contributed by atoms with Gasteiger partial charge >= 0.3 is 6.61 Å². The largest absolute Gasteiger partial charge is 0.431 e. The van der Waals surface area contributed by atoms with E-state index < -0.39 is 6.61 Å². The van der Waals surface area contributed by atoms with Gasteiger partial charge in [0.05, 0.1) is 24.9 Å². The van der Waals surface area contributed by atoms with Crippen LogP contribution in [0.15, 0.2) is 18.3 Å². The zero-order valence-electron chi connectivity index (χ0n) is 17.0. The summed E-state index contributed by atoms with van der Waals surface area (Å²) in [6, 6.07) is 4.50. The first kappa shape index (κ1) is 19.1. The van der Waals surface area contributed by atoms with E-state index in [1.165, 1.54) is 6.07 Å². The van der Waals surface area contributed by atoms with Crippen molar-refractivity contribution in [3.05, 3.63) is 24.2 Å². The summed E-state index contributed by atoms with van der Waals surface area (Å²) in [5.41, 5.74) is 6.94. The summed E-state index contributed by atoms with van der Waals surface area (Å²) >= 11 is 0. The highest BCUT2D eigenvalue weighted by molar-refractivity contribution is 5.67. The van der Waals surface area contributed by atoms with Gasteiger partial charge < -0.3 is 20.1 Å². The molecule has 2 aromatic heterocycles. The van der Waals surface area contributed by atoms with Crippen LogP contribution >= 0.6 is 0 Å². The Morgan fingerprint density at radius 3 is 2.68 bits per heavy atom. The number of fused-ring (bicyclic) bond motifs is 1. The molecule has 2 N–H and O–H groups in total. The number of alkyl halides is 2. The van der Waals surface area contributed by atoms with Crippen molar-refractivity contribution in [3.8, 4) is 17.0 Å². The van der Waals surface area contributed by atoms with Gasteiger partial charge in [0.25, 0.3) is 0 Å². The zero-order chi connectivity index (χ0) is 21.1. The Kier molecular flexibility index (Phi) is 4.46. The van der Waals surface area contributed by atoms with Crippen molar-refractivity contribution in [2.45, 2.75) is 37.5 Å². The Morgan fingerprint density at radius 2 is 1.97 bits per heavy atom. The van der Waals surface area contributed by atoms with E-state index in [0.29, 0.717) is 35.2 Å². The Bertz CT molecular complexity index is 1000. The number of likely N-dealkylation sites (tertiary alicyclic amines) is 1. The highest BCUT2D eigenvalue weighted by atomic mass is 19.3. The van der Waals surface area contributed by atoms with Crippen LogP contribution in [0.1, 0.15) is 24.6 Å². The average molecular weight is 430 g/mol. The maximum absolute atomic E-state index is 12.7. The number of pyridine rings is 1. The molecule has 8 nitrogen and oxygen atoms in total. The smallest absolute Gasteiger partial charge is 0.387 e. The monoisotopic (exact) mass is 430 g/mol. The van der Waals surface area contributed by atoms with Gasteiger partial charge in [-0.3, -0.25) is 4.90 Å². The maximum Gasteiger partial charge on any atom is 0.387 e. The molecule has 10 heteroatoms. The molecule has 0 radical (unpaired) electrons. The van der Waals surface area contributed by atoms with Crippen LogP contribution in [0.2, 0.25) is 0 Å². The summed E-state index contributed by atoms with van der Waals surface area (Å²) in [6.07, 6.45) is 3.69. The van der Waals surface area contributed by atoms with Gasteiger partial charge in [0.15, 0.2) is 11.6 Å². The number of nitrogen functional groups attached to an aromatic ring is 1. The number of hydrogen-bond donors (Lipinski definition) is 1. The molecule has 164 valence electrons. The van der Waals surface area contributed by atoms with Crippen LogP contribution in [0, 0.1) is 5.92 Å². The van der Waals surface area contributed by atoms with Crippen molar-refractivity contribution in [3.63, 3.8) is 0 Å². The minimum atomic E-state index is -2.97. The molecule has 3 aliphatic heterocycles. The van der Waals surface area contributed by atoms with E-state index in [0.717, 1.165) is 57.3 Å². The molecule has 4 aliphatic rings. The molecular formula is C21H24F2N6O2. The summed E-state index contributed by atoms with van der Waals surface area (Å²) in [7, 11) is 0. The number of hydrogen-bond acceptors (Lipinski definition) is 8. The molecule has 5 heterocycles. The molecule has 6 rings (SSSR count). The molecule has 31 heavy (non-hydrogen) atoms. The first-order chi connectivity index (χ1) is 15.0. The molecule has 0 unspecified atom stereocenters. The number of nitrogens with zero attached hydrogens (tertiary/aromatic N) is 5. The second kappa shape index (κ2) is 7.23. The summed E-state index contributed by atoms with van der Waals surface area (Å²) in [5.74, 6) is 2.49. The molecule has 0 spiro atoms. The minimum absolute atomic E-state index is 0.0723. The average Bonchev–Trinajstić information content (AvgIpc) is 3.49. The first-order valence-electron chi connectivity index (χ1n) is 10.7. The van der Waals surface area contributed by atoms with Gasteiger partial charge in [0.1, 0.15) is 11.6 Å². The number of aromatic nitrogens is 3. The molecule has 1 saturated carbocycles. The van der Waals surface area contributed by atoms with E-state index in [4.69, 9.17) is 20.4 Å². The van der Waals surface area contributed by atoms with Crippen LogP contribution < -0.4 is 15.4 Å². The molecule has 3 saturated heterocycles. The topological polar surface area (TPSA) is 89.6 Å². The number of nitrogens with two attached hydrogens (primary N) is 1. The molecule has 4 fully saturated rings. The van der Waals surface area contributed by atoms with Crippen molar-refractivity contribution in [1.82, 2.24) is 19.9 Å². The number of anilines is 2. The van der Waals surface area contributed by atoms with Crippen LogP contribution in [0.25, 0.3) is 11.3 Å². The highest BCUT2D eigenvalue weighted by Crippen LogP contribution is 2.42. The first-order valence-corrected chi connectivity index (χ1v) is 10.7. The molecule has 0 amide bonds. The zero-order valence-corrected chi connectivity index (χ0v) is 17.0. The molecule has 0 bridgehead atoms. The summed E-state index contributed by atoms with van der Waals surface area (Å²) in [4.78, 5) is 18.5. The van der Waals surface area contributed by atoms with Crippen molar-refractivity contribution in [1.29, 1.82) is 0 Å². The minimum Gasteiger partial charge on any atom is -0.431 e. The van der Waals surface area contributed by atoms with Crippen molar-refractivity contribution >= 4 is 11.6 Å². The Hall–Kier alpha value is -2.59. The normalized spacial score (nSPS) is 26.0. The summed E-state index contributed by atoms with van der Waals surface area (Å²) in [6.45, 7) is 1.71. The highest BCUT2D eigenvalue weighted by Gasteiger charge is 2.49. The van der Waals surface area contributed by atoms with Crippen LogP contribution in [-0.4, -0.2) is 71.4 Å². The van der Waals surface area contributed by atoms with Crippen molar-refractivity contribution in [2.75, 3.05) is 43.5 Å². The standard InChI is InChI=1S/C21H24F2N6O2/c22-21(23)31-17-3-12(5-25-19(17)24)15-4-18(27-20(26-15)11-1-2-11)28-6-13-7-29(16(13)8-28)14-9-30-10-14/h3-5,11,13-14,16,21H,1-2,6-10H2,(H2,24,25)/t13-,16-/m1/s1. The van der Waals surface area contributed by atoms with E-state index in [-0.39, 0.29) is 11.6 Å². The van der Waals surface area contributed by atoms with Gasteiger partial charge in [-0.15, -0.1) is 0 Å².